The van der Waals surface area contributed by atoms with E-state index in [1.54, 1.807) is 0 Å². The van der Waals surface area contributed by atoms with E-state index in [1.807, 2.05) is 24.4 Å². The summed E-state index contributed by atoms with van der Waals surface area (Å²) in [5, 5.41) is 20.4. The molecular formula is C30H40N4O2. The second kappa shape index (κ2) is 10.0. The fourth-order valence-electron chi connectivity index (χ4n) is 6.23. The number of hydrogen-bond acceptors (Lipinski definition) is 5. The van der Waals surface area contributed by atoms with Crippen LogP contribution in [0, 0.1) is 0 Å². The summed E-state index contributed by atoms with van der Waals surface area (Å²) < 4.78 is 8.44. The molecule has 1 unspecified atom stereocenters. The Labute approximate surface area is 215 Å². The van der Waals surface area contributed by atoms with Crippen molar-refractivity contribution >= 4 is 5.82 Å². The highest BCUT2D eigenvalue weighted by Gasteiger charge is 2.48. The van der Waals surface area contributed by atoms with E-state index in [0.717, 1.165) is 37.1 Å². The van der Waals surface area contributed by atoms with Crippen LogP contribution in [0.1, 0.15) is 82.3 Å². The van der Waals surface area contributed by atoms with Crippen LogP contribution in [0.2, 0.25) is 0 Å². The number of ether oxygens (including phenoxy) is 1. The van der Waals surface area contributed by atoms with Gasteiger partial charge in [0.1, 0.15) is 12.0 Å². The number of anilines is 1. The number of likely N-dealkylation sites (tertiary alicyclic amines) is 1. The van der Waals surface area contributed by atoms with Crippen LogP contribution in [0.5, 0.6) is 0 Å². The van der Waals surface area contributed by atoms with E-state index in [1.165, 1.54) is 11.1 Å². The molecular weight excluding hydrogens is 448 g/mol. The molecule has 6 nitrogen and oxygen atoms in total. The summed E-state index contributed by atoms with van der Waals surface area (Å²) >= 11 is 0. The first kappa shape index (κ1) is 25.0. The molecule has 0 saturated carbocycles. The second-order valence-corrected chi connectivity index (χ2v) is 11.1. The van der Waals surface area contributed by atoms with E-state index in [9.17, 15) is 5.11 Å². The fraction of sp³-hybridized carbons (Fsp3) is 0.500. The summed E-state index contributed by atoms with van der Waals surface area (Å²) in [4.78, 5) is 2.27. The molecule has 3 aromatic rings. The molecule has 2 aliphatic rings. The minimum atomic E-state index is -0.753. The van der Waals surface area contributed by atoms with Gasteiger partial charge in [0.05, 0.1) is 36.1 Å². The predicted molar refractivity (Wildman–Crippen MR) is 144 cm³/mol. The van der Waals surface area contributed by atoms with Crippen molar-refractivity contribution in [3.63, 3.8) is 0 Å². The summed E-state index contributed by atoms with van der Waals surface area (Å²) in [7, 11) is 0. The lowest BCUT2D eigenvalue weighted by Crippen LogP contribution is -2.45. The van der Waals surface area contributed by atoms with Crippen molar-refractivity contribution in [1.82, 2.24) is 14.7 Å². The number of benzene rings is 2. The lowest BCUT2D eigenvalue weighted by Gasteiger charge is -2.41. The zero-order valence-electron chi connectivity index (χ0n) is 22.0. The minimum absolute atomic E-state index is 0.0765. The third-order valence-electron chi connectivity index (χ3n) is 8.42. The molecule has 3 heterocycles. The molecule has 1 fully saturated rings. The Hall–Kier alpha value is -2.67. The maximum atomic E-state index is 11.9. The fourth-order valence-corrected chi connectivity index (χ4v) is 6.23. The summed E-state index contributed by atoms with van der Waals surface area (Å²) in [5.41, 5.74) is 3.00. The van der Waals surface area contributed by atoms with Crippen molar-refractivity contribution in [2.75, 3.05) is 11.9 Å². The number of fused-ring (bicyclic) bond motifs is 1. The molecule has 3 atom stereocenters. The van der Waals surface area contributed by atoms with Crippen LogP contribution < -0.4 is 5.32 Å². The predicted octanol–water partition coefficient (Wildman–Crippen LogP) is 6.02. The molecule has 2 aliphatic heterocycles. The van der Waals surface area contributed by atoms with Gasteiger partial charge in [-0.25, -0.2) is 4.68 Å². The molecule has 1 aromatic heterocycles. The highest BCUT2D eigenvalue weighted by atomic mass is 16.5. The van der Waals surface area contributed by atoms with Crippen LogP contribution in [-0.2, 0) is 16.9 Å². The molecule has 0 amide bonds. The van der Waals surface area contributed by atoms with E-state index in [4.69, 9.17) is 9.84 Å². The van der Waals surface area contributed by atoms with Crippen molar-refractivity contribution < 1.29 is 9.84 Å². The summed E-state index contributed by atoms with van der Waals surface area (Å²) in [6, 6.07) is 21.1. The number of aliphatic hydroxyl groups is 1. The lowest BCUT2D eigenvalue weighted by atomic mass is 9.88. The van der Waals surface area contributed by atoms with Gasteiger partial charge in [-0.05, 0) is 50.7 Å². The molecule has 6 heteroatoms. The average Bonchev–Trinajstić information content (AvgIpc) is 3.51. The number of aromatic nitrogens is 2. The number of aliphatic hydroxyl groups excluding tert-OH is 1. The topological polar surface area (TPSA) is 62.6 Å². The van der Waals surface area contributed by atoms with Gasteiger partial charge in [0.25, 0.3) is 0 Å². The van der Waals surface area contributed by atoms with Gasteiger partial charge < -0.3 is 15.2 Å². The number of hydrogen-bond donors (Lipinski definition) is 2. The van der Waals surface area contributed by atoms with Gasteiger partial charge in [-0.3, -0.25) is 4.90 Å². The van der Waals surface area contributed by atoms with Gasteiger partial charge in [0.15, 0.2) is 0 Å². The van der Waals surface area contributed by atoms with Crippen LogP contribution >= 0.6 is 0 Å². The molecule has 192 valence electrons. The molecule has 1 saturated heterocycles. The van der Waals surface area contributed by atoms with Gasteiger partial charge in [-0.1, -0.05) is 74.5 Å². The van der Waals surface area contributed by atoms with Crippen molar-refractivity contribution in [3.05, 3.63) is 83.6 Å². The van der Waals surface area contributed by atoms with Gasteiger partial charge >= 0.3 is 0 Å². The average molecular weight is 489 g/mol. The molecule has 0 bridgehead atoms. The standard InChI is InChI=1S/C30H40N4O2/c1-5-30(6-2)17-24(36-21-22-13-9-7-10-14-22)20-33(30)28(35)25-19-31-34-27(25)32-26(18-29(34,3)4)23-15-11-8-12-16-23/h7-16,19,24,26,28,32,35H,5-6,17-18,20-21H2,1-4H3/t24-,26+,28?/m1/s1. The largest absolute Gasteiger partial charge is 0.374 e. The van der Waals surface area contributed by atoms with Crippen molar-refractivity contribution in [2.24, 2.45) is 0 Å². The van der Waals surface area contributed by atoms with Crippen LogP contribution in [0.15, 0.2) is 66.9 Å². The smallest absolute Gasteiger partial charge is 0.139 e. The Balaban J connectivity index is 1.40. The third kappa shape index (κ3) is 4.58. The SMILES string of the molecule is CCC1(CC)C[C@@H](OCc2ccccc2)CN1C(O)c1cnn2c1N[C@H](c1ccccc1)CC2(C)C. The number of nitrogens with one attached hydrogen (secondary N) is 1. The van der Waals surface area contributed by atoms with Crippen LogP contribution in [-0.4, -0.2) is 38.0 Å². The third-order valence-corrected chi connectivity index (χ3v) is 8.42. The Morgan fingerprint density at radius 2 is 1.69 bits per heavy atom. The van der Waals surface area contributed by atoms with Crippen molar-refractivity contribution in [2.45, 2.75) is 89.4 Å². The Morgan fingerprint density at radius 1 is 1.03 bits per heavy atom. The summed E-state index contributed by atoms with van der Waals surface area (Å²) in [6.07, 6.45) is 4.94. The molecule has 0 aliphatic carbocycles. The monoisotopic (exact) mass is 488 g/mol. The quantitative estimate of drug-likeness (QED) is 0.406. The molecule has 2 aromatic carbocycles. The Morgan fingerprint density at radius 3 is 2.36 bits per heavy atom. The maximum absolute atomic E-state index is 11.9. The van der Waals surface area contributed by atoms with Crippen LogP contribution in [0.4, 0.5) is 5.82 Å². The molecule has 0 radical (unpaired) electrons. The normalized spacial score (nSPS) is 23.7. The van der Waals surface area contributed by atoms with E-state index >= 15 is 0 Å². The van der Waals surface area contributed by atoms with E-state index < -0.39 is 6.23 Å². The minimum Gasteiger partial charge on any atom is -0.374 e. The van der Waals surface area contributed by atoms with Crippen LogP contribution in [0.3, 0.4) is 0 Å². The van der Waals surface area contributed by atoms with E-state index in [-0.39, 0.29) is 23.2 Å². The molecule has 5 rings (SSSR count). The number of nitrogens with zero attached hydrogens (tertiary/aromatic N) is 3. The number of rotatable bonds is 8. The van der Waals surface area contributed by atoms with Crippen molar-refractivity contribution in [3.8, 4) is 0 Å². The van der Waals surface area contributed by atoms with Crippen LogP contribution in [0.25, 0.3) is 0 Å². The Kier molecular flexibility index (Phi) is 6.95. The lowest BCUT2D eigenvalue weighted by molar-refractivity contribution is -0.0549. The van der Waals surface area contributed by atoms with E-state index in [0.29, 0.717) is 13.2 Å². The Bertz CT molecular complexity index is 1140. The zero-order chi connectivity index (χ0) is 25.3. The second-order valence-electron chi connectivity index (χ2n) is 11.1. The molecule has 2 N–H and O–H groups in total. The highest BCUT2D eigenvalue weighted by Crippen LogP contribution is 2.46. The maximum Gasteiger partial charge on any atom is 0.139 e. The van der Waals surface area contributed by atoms with E-state index in [2.05, 4.69) is 85.1 Å². The van der Waals surface area contributed by atoms with Gasteiger partial charge in [0, 0.05) is 12.1 Å². The molecule has 0 spiro atoms. The van der Waals surface area contributed by atoms with Gasteiger partial charge in [-0.15, -0.1) is 0 Å². The first-order chi connectivity index (χ1) is 17.4. The van der Waals surface area contributed by atoms with Gasteiger partial charge in [-0.2, -0.15) is 5.10 Å². The highest BCUT2D eigenvalue weighted by molar-refractivity contribution is 5.50. The first-order valence-electron chi connectivity index (χ1n) is 13.4. The summed E-state index contributed by atoms with van der Waals surface area (Å²) in [6.45, 7) is 10.2. The van der Waals surface area contributed by atoms with Crippen molar-refractivity contribution in [1.29, 1.82) is 0 Å². The summed E-state index contributed by atoms with van der Waals surface area (Å²) in [5.74, 6) is 0.919. The van der Waals surface area contributed by atoms with Gasteiger partial charge in [0.2, 0.25) is 0 Å². The molecule has 36 heavy (non-hydrogen) atoms. The first-order valence-corrected chi connectivity index (χ1v) is 13.4. The zero-order valence-corrected chi connectivity index (χ0v) is 22.0.